The van der Waals surface area contributed by atoms with E-state index in [0.29, 0.717) is 19.3 Å². The van der Waals surface area contributed by atoms with Crippen molar-refractivity contribution in [3.8, 4) is 6.07 Å². The topological polar surface area (TPSA) is 96.3 Å². The molecule has 3 unspecified atom stereocenters. The van der Waals surface area contributed by atoms with Crippen molar-refractivity contribution in [3.63, 3.8) is 0 Å². The monoisotopic (exact) mass is 506 g/mol. The number of alkyl halides is 6. The molecule has 0 aromatic carbocycles. The predicted molar refractivity (Wildman–Crippen MR) is 104 cm³/mol. The number of ketones is 1. The summed E-state index contributed by atoms with van der Waals surface area (Å²) in [5.41, 5.74) is -2.83. The van der Waals surface area contributed by atoms with Gasteiger partial charge in [-0.3, -0.25) is 9.59 Å². The van der Waals surface area contributed by atoms with Crippen molar-refractivity contribution in [2.75, 3.05) is 0 Å². The van der Waals surface area contributed by atoms with Crippen LogP contribution in [-0.2, 0) is 19.1 Å². The van der Waals surface area contributed by atoms with Crippen LogP contribution in [0.1, 0.15) is 51.4 Å². The molecule has 6 aliphatic rings. The molecule has 0 aliphatic heterocycles. The van der Waals surface area contributed by atoms with Crippen LogP contribution >= 0.6 is 0 Å². The first-order chi connectivity index (χ1) is 16.2. The van der Waals surface area contributed by atoms with Crippen LogP contribution in [0.2, 0.25) is 0 Å². The van der Waals surface area contributed by atoms with Crippen LogP contribution < -0.4 is 5.32 Å². The van der Waals surface area contributed by atoms with Crippen LogP contribution in [0.5, 0.6) is 0 Å². The maximum atomic E-state index is 13.8. The number of hydrogen-bond donors (Lipinski definition) is 1. The van der Waals surface area contributed by atoms with Gasteiger partial charge in [0.05, 0.1) is 18.0 Å². The lowest BCUT2D eigenvalue weighted by Gasteiger charge is -2.63. The highest BCUT2D eigenvalue weighted by atomic mass is 19.4. The van der Waals surface area contributed by atoms with E-state index in [4.69, 9.17) is 4.74 Å². The van der Waals surface area contributed by atoms with Gasteiger partial charge in [-0.05, 0) is 75.0 Å². The summed E-state index contributed by atoms with van der Waals surface area (Å²) in [6, 6.07) is 0.449. The number of nitrogens with one attached hydrogen (secondary N) is 1. The second-order valence-electron chi connectivity index (χ2n) is 11.4. The van der Waals surface area contributed by atoms with Crippen molar-refractivity contribution in [1.82, 2.24) is 5.32 Å². The average molecular weight is 506 g/mol. The molecular weight excluding hydrogens is 482 g/mol. The number of Topliss-reactive ketones (excluding diaryl/α,β-unsaturated/α-hetero) is 1. The SMILES string of the molecule is N#C[C@@H]1C[C@@H]2C[C@@H]2C1C(=O)[C@@H](NC(=O)C(F)(F)F)C12CC3CC(CC(OC(=O)C(F)(F)F)(C3)C1)C2. The second-order valence-corrected chi connectivity index (χ2v) is 11.4. The molecule has 0 spiro atoms. The fourth-order valence-electron chi connectivity index (χ4n) is 8.19. The number of carbonyl (C=O) groups excluding carboxylic acids is 3. The summed E-state index contributed by atoms with van der Waals surface area (Å²) >= 11 is 0. The molecule has 6 rings (SSSR count). The number of esters is 1. The molecule has 6 fully saturated rings. The normalized spacial score (nSPS) is 42.1. The Morgan fingerprint density at radius 2 is 1.57 bits per heavy atom. The molecule has 0 aromatic rings. The standard InChI is InChI=1S/C23H24F6N2O4/c24-22(25,26)18(33)31-17(16(32)15-13(8-30)2-12-3-14(12)15)20-4-10-1-11(5-20)7-21(6-10,9-20)35-19(34)23(27,28)29/h10-15,17H,1-7,9H2,(H,31,33)/t10?,11?,12-,13+,14+,15?,17-,20?,21?/m1/s1. The molecule has 0 heterocycles. The number of nitrogens with zero attached hydrogens (tertiary/aromatic N) is 1. The quantitative estimate of drug-likeness (QED) is 0.452. The summed E-state index contributed by atoms with van der Waals surface area (Å²) < 4.78 is 83.8. The van der Waals surface area contributed by atoms with Crippen molar-refractivity contribution < 1.29 is 45.5 Å². The van der Waals surface area contributed by atoms with Gasteiger partial charge in [0.1, 0.15) is 5.60 Å². The van der Waals surface area contributed by atoms with E-state index in [2.05, 4.69) is 6.07 Å². The van der Waals surface area contributed by atoms with Crippen LogP contribution in [0.15, 0.2) is 0 Å². The smallest absolute Gasteiger partial charge is 0.452 e. The zero-order valence-corrected chi connectivity index (χ0v) is 18.5. The van der Waals surface area contributed by atoms with Crippen LogP contribution in [0.25, 0.3) is 0 Å². The Hall–Kier alpha value is -2.32. The molecule has 6 saturated carbocycles. The van der Waals surface area contributed by atoms with Crippen LogP contribution in [0.3, 0.4) is 0 Å². The summed E-state index contributed by atoms with van der Waals surface area (Å²) in [4.78, 5) is 37.6. The van der Waals surface area contributed by atoms with E-state index < -0.39 is 58.9 Å². The number of halogens is 6. The average Bonchev–Trinajstić information content (AvgIpc) is 3.38. The maximum absolute atomic E-state index is 13.8. The number of amides is 1. The van der Waals surface area contributed by atoms with Gasteiger partial charge in [0.15, 0.2) is 5.78 Å². The molecule has 0 saturated heterocycles. The Kier molecular flexibility index (Phi) is 5.29. The predicted octanol–water partition coefficient (Wildman–Crippen LogP) is 3.84. The summed E-state index contributed by atoms with van der Waals surface area (Å²) in [7, 11) is 0. The van der Waals surface area contributed by atoms with Crippen molar-refractivity contribution >= 4 is 17.7 Å². The highest BCUT2D eigenvalue weighted by Gasteiger charge is 2.67. The molecule has 0 radical (unpaired) electrons. The van der Waals surface area contributed by atoms with Gasteiger partial charge in [-0.15, -0.1) is 0 Å². The first-order valence-electron chi connectivity index (χ1n) is 11.8. The molecule has 4 bridgehead atoms. The molecule has 7 atom stereocenters. The molecule has 6 aliphatic carbocycles. The number of ether oxygens (including phenoxy) is 1. The Bertz CT molecular complexity index is 987. The molecule has 35 heavy (non-hydrogen) atoms. The zero-order valence-electron chi connectivity index (χ0n) is 18.5. The lowest BCUT2D eigenvalue weighted by atomic mass is 9.45. The third-order valence-electron chi connectivity index (χ3n) is 8.95. The number of rotatable bonds is 5. The van der Waals surface area contributed by atoms with Crippen molar-refractivity contribution in [1.29, 1.82) is 5.26 Å². The van der Waals surface area contributed by atoms with Gasteiger partial charge in [-0.25, -0.2) is 4.79 Å². The minimum Gasteiger partial charge on any atom is -0.452 e. The van der Waals surface area contributed by atoms with Gasteiger partial charge in [0.2, 0.25) is 0 Å². The lowest BCUT2D eigenvalue weighted by molar-refractivity contribution is -0.241. The number of hydrogen-bond acceptors (Lipinski definition) is 5. The minimum atomic E-state index is -5.27. The lowest BCUT2D eigenvalue weighted by Crippen LogP contribution is -2.67. The highest BCUT2D eigenvalue weighted by molar-refractivity contribution is 5.94. The fourth-order valence-corrected chi connectivity index (χ4v) is 8.19. The van der Waals surface area contributed by atoms with Gasteiger partial charge >= 0.3 is 24.2 Å². The number of carbonyl (C=O) groups is 3. The summed E-state index contributed by atoms with van der Waals surface area (Å²) in [5.74, 6) is -7.32. The number of nitriles is 1. The van der Waals surface area contributed by atoms with Gasteiger partial charge in [0, 0.05) is 11.3 Å². The highest BCUT2D eigenvalue weighted by Crippen LogP contribution is 2.66. The van der Waals surface area contributed by atoms with E-state index in [-0.39, 0.29) is 55.8 Å². The Morgan fingerprint density at radius 1 is 0.943 bits per heavy atom. The van der Waals surface area contributed by atoms with Crippen molar-refractivity contribution in [2.45, 2.75) is 75.4 Å². The first kappa shape index (κ1) is 24.4. The summed E-state index contributed by atoms with van der Waals surface area (Å²) in [6.07, 6.45) is -8.25. The largest absolute Gasteiger partial charge is 0.490 e. The Morgan fingerprint density at radius 3 is 2.11 bits per heavy atom. The molecular formula is C23H24F6N2O4. The molecule has 1 N–H and O–H groups in total. The number of fused-ring (bicyclic) bond motifs is 1. The molecule has 192 valence electrons. The van der Waals surface area contributed by atoms with E-state index in [1.165, 1.54) is 0 Å². The molecule has 1 amide bonds. The van der Waals surface area contributed by atoms with E-state index in [0.717, 1.165) is 0 Å². The molecule has 12 heteroatoms. The van der Waals surface area contributed by atoms with Crippen molar-refractivity contribution in [2.24, 2.45) is 40.9 Å². The maximum Gasteiger partial charge on any atom is 0.490 e. The summed E-state index contributed by atoms with van der Waals surface area (Å²) in [5, 5.41) is 11.4. The second kappa shape index (κ2) is 7.59. The van der Waals surface area contributed by atoms with Crippen LogP contribution in [0.4, 0.5) is 26.3 Å². The Balaban J connectivity index is 1.50. The molecule has 6 nitrogen and oxygen atoms in total. The van der Waals surface area contributed by atoms with Crippen LogP contribution in [0, 0.1) is 52.3 Å². The van der Waals surface area contributed by atoms with E-state index in [1.807, 2.05) is 5.32 Å². The van der Waals surface area contributed by atoms with E-state index >= 15 is 0 Å². The third kappa shape index (κ3) is 4.08. The Labute approximate surface area is 196 Å². The first-order valence-corrected chi connectivity index (χ1v) is 11.8. The minimum absolute atomic E-state index is 0.135. The van der Waals surface area contributed by atoms with Crippen LogP contribution in [-0.4, -0.2) is 41.7 Å². The van der Waals surface area contributed by atoms with Gasteiger partial charge in [-0.1, -0.05) is 0 Å². The third-order valence-corrected chi connectivity index (χ3v) is 8.95. The summed E-state index contributed by atoms with van der Waals surface area (Å²) in [6.45, 7) is 0. The van der Waals surface area contributed by atoms with E-state index in [9.17, 15) is 46.0 Å². The van der Waals surface area contributed by atoms with E-state index in [1.54, 1.807) is 0 Å². The van der Waals surface area contributed by atoms with Gasteiger partial charge < -0.3 is 10.1 Å². The van der Waals surface area contributed by atoms with Gasteiger partial charge in [-0.2, -0.15) is 31.6 Å². The zero-order chi connectivity index (χ0) is 25.6. The molecule has 0 aromatic heterocycles. The van der Waals surface area contributed by atoms with Gasteiger partial charge in [0.25, 0.3) is 0 Å². The fraction of sp³-hybridized carbons (Fsp3) is 0.826. The van der Waals surface area contributed by atoms with Crippen molar-refractivity contribution in [3.05, 3.63) is 0 Å².